The molecule has 0 unspecified atom stereocenters. The summed E-state index contributed by atoms with van der Waals surface area (Å²) >= 11 is 0. The molecule has 0 heterocycles. The number of carbonyl (C=O) groups is 1. The molecule has 0 aromatic heterocycles. The average molecular weight is 380 g/mol. The van der Waals surface area contributed by atoms with E-state index >= 15 is 0 Å². The van der Waals surface area contributed by atoms with E-state index in [2.05, 4.69) is 63.3 Å². The van der Waals surface area contributed by atoms with Crippen molar-refractivity contribution in [1.29, 1.82) is 0 Å². The summed E-state index contributed by atoms with van der Waals surface area (Å²) in [5.41, 5.74) is 3.65. The molecule has 0 radical (unpaired) electrons. The number of rotatable bonds is 9. The van der Waals surface area contributed by atoms with E-state index < -0.39 is 0 Å². The Balaban J connectivity index is 1.76. The number of hydrogen-bond donors (Lipinski definition) is 1. The highest BCUT2D eigenvalue weighted by Gasteiger charge is 2.12. The van der Waals surface area contributed by atoms with Crippen LogP contribution in [0.3, 0.4) is 0 Å². The second kappa shape index (κ2) is 10.7. The number of nitrogens with one attached hydrogen (secondary N) is 1. The molecular formula is C25H33NO2. The van der Waals surface area contributed by atoms with Crippen LogP contribution in [-0.2, 0) is 16.6 Å². The average Bonchev–Trinajstić information content (AvgIpc) is 2.68. The van der Waals surface area contributed by atoms with E-state index in [0.717, 1.165) is 37.2 Å². The van der Waals surface area contributed by atoms with Crippen LogP contribution in [0.1, 0.15) is 57.2 Å². The van der Waals surface area contributed by atoms with E-state index in [1.165, 1.54) is 11.1 Å². The first-order chi connectivity index (χ1) is 13.4. The SMILES string of the molecule is CCCOc1ccccc1CCCNC(=O)/C=C/c1ccc(C(C)(C)C)cc1. The van der Waals surface area contributed by atoms with Gasteiger partial charge in [-0.25, -0.2) is 0 Å². The van der Waals surface area contributed by atoms with Crippen molar-refractivity contribution < 1.29 is 9.53 Å². The van der Waals surface area contributed by atoms with Gasteiger partial charge >= 0.3 is 0 Å². The molecule has 3 heteroatoms. The molecule has 1 amide bonds. The first kappa shape index (κ1) is 21.7. The topological polar surface area (TPSA) is 38.3 Å². The van der Waals surface area contributed by atoms with Crippen molar-refractivity contribution in [2.24, 2.45) is 0 Å². The second-order valence-corrected chi connectivity index (χ2v) is 8.06. The van der Waals surface area contributed by atoms with E-state index in [1.54, 1.807) is 6.08 Å². The summed E-state index contributed by atoms with van der Waals surface area (Å²) in [6.07, 6.45) is 6.22. The first-order valence-electron chi connectivity index (χ1n) is 10.2. The fourth-order valence-corrected chi connectivity index (χ4v) is 2.88. The molecule has 0 bridgehead atoms. The Hall–Kier alpha value is -2.55. The van der Waals surface area contributed by atoms with Gasteiger partial charge in [0.05, 0.1) is 6.61 Å². The maximum atomic E-state index is 12.0. The van der Waals surface area contributed by atoms with Crippen LogP contribution in [0.15, 0.2) is 54.6 Å². The van der Waals surface area contributed by atoms with Gasteiger partial charge in [0.15, 0.2) is 0 Å². The molecule has 0 aliphatic carbocycles. The van der Waals surface area contributed by atoms with Gasteiger partial charge in [-0.05, 0) is 53.5 Å². The van der Waals surface area contributed by atoms with Crippen molar-refractivity contribution in [3.8, 4) is 5.75 Å². The van der Waals surface area contributed by atoms with Gasteiger partial charge in [0.1, 0.15) is 5.75 Å². The number of para-hydroxylation sites is 1. The maximum absolute atomic E-state index is 12.0. The Kier molecular flexibility index (Phi) is 8.31. The zero-order valence-electron chi connectivity index (χ0n) is 17.6. The normalized spacial score (nSPS) is 11.6. The van der Waals surface area contributed by atoms with Crippen LogP contribution in [-0.4, -0.2) is 19.1 Å². The minimum atomic E-state index is -0.0598. The standard InChI is InChI=1S/C25H33NO2/c1-5-19-28-23-11-7-6-9-21(23)10-8-18-26-24(27)17-14-20-12-15-22(16-13-20)25(2,3)4/h6-7,9,11-17H,5,8,10,18-19H2,1-4H3,(H,26,27)/b17-14+. The molecular weight excluding hydrogens is 346 g/mol. The van der Waals surface area contributed by atoms with E-state index in [1.807, 2.05) is 24.3 Å². The summed E-state index contributed by atoms with van der Waals surface area (Å²) in [6, 6.07) is 16.5. The van der Waals surface area contributed by atoms with Crippen LogP contribution < -0.4 is 10.1 Å². The smallest absolute Gasteiger partial charge is 0.243 e. The maximum Gasteiger partial charge on any atom is 0.243 e. The summed E-state index contributed by atoms with van der Waals surface area (Å²) in [5.74, 6) is 0.893. The Morgan fingerprint density at radius 1 is 1.07 bits per heavy atom. The third-order valence-corrected chi connectivity index (χ3v) is 4.56. The predicted octanol–water partition coefficient (Wildman–Crippen LogP) is 5.54. The summed E-state index contributed by atoms with van der Waals surface area (Å²) in [5, 5.41) is 2.95. The lowest BCUT2D eigenvalue weighted by molar-refractivity contribution is -0.116. The third-order valence-electron chi connectivity index (χ3n) is 4.56. The molecule has 28 heavy (non-hydrogen) atoms. The third kappa shape index (κ3) is 7.22. The fourth-order valence-electron chi connectivity index (χ4n) is 2.88. The van der Waals surface area contributed by atoms with Crippen molar-refractivity contribution in [1.82, 2.24) is 5.32 Å². The number of benzene rings is 2. The number of aryl methyl sites for hydroxylation is 1. The lowest BCUT2D eigenvalue weighted by atomic mass is 9.87. The van der Waals surface area contributed by atoms with Crippen LogP contribution in [0.4, 0.5) is 0 Å². The molecule has 2 rings (SSSR count). The molecule has 0 saturated carbocycles. The Morgan fingerprint density at radius 3 is 2.46 bits per heavy atom. The first-order valence-corrected chi connectivity index (χ1v) is 10.2. The van der Waals surface area contributed by atoms with Crippen LogP contribution in [0.2, 0.25) is 0 Å². The van der Waals surface area contributed by atoms with Gasteiger partial charge in [-0.2, -0.15) is 0 Å². The largest absolute Gasteiger partial charge is 0.493 e. The summed E-state index contributed by atoms with van der Waals surface area (Å²) in [4.78, 5) is 12.0. The van der Waals surface area contributed by atoms with Gasteiger partial charge < -0.3 is 10.1 Å². The number of hydrogen-bond acceptors (Lipinski definition) is 2. The fraction of sp³-hybridized carbons (Fsp3) is 0.400. The quantitative estimate of drug-likeness (QED) is 0.459. The molecule has 2 aromatic carbocycles. The van der Waals surface area contributed by atoms with Gasteiger partial charge in [-0.3, -0.25) is 4.79 Å². The molecule has 0 atom stereocenters. The van der Waals surface area contributed by atoms with Gasteiger partial charge in [-0.15, -0.1) is 0 Å². The van der Waals surface area contributed by atoms with E-state index in [4.69, 9.17) is 4.74 Å². The highest BCUT2D eigenvalue weighted by molar-refractivity contribution is 5.91. The summed E-state index contributed by atoms with van der Waals surface area (Å²) < 4.78 is 5.78. The van der Waals surface area contributed by atoms with Gasteiger partial charge in [0.25, 0.3) is 0 Å². The molecule has 0 aliphatic rings. The predicted molar refractivity (Wildman–Crippen MR) is 118 cm³/mol. The molecule has 0 spiro atoms. The van der Waals surface area contributed by atoms with E-state index in [0.29, 0.717) is 6.54 Å². The number of ether oxygens (including phenoxy) is 1. The van der Waals surface area contributed by atoms with Gasteiger partial charge in [-0.1, -0.05) is 70.2 Å². The van der Waals surface area contributed by atoms with Crippen molar-refractivity contribution in [2.45, 2.75) is 52.4 Å². The summed E-state index contributed by atoms with van der Waals surface area (Å²) in [7, 11) is 0. The van der Waals surface area contributed by atoms with E-state index in [9.17, 15) is 4.79 Å². The van der Waals surface area contributed by atoms with E-state index in [-0.39, 0.29) is 11.3 Å². The molecule has 3 nitrogen and oxygen atoms in total. The monoisotopic (exact) mass is 379 g/mol. The van der Waals surface area contributed by atoms with Crippen molar-refractivity contribution in [3.63, 3.8) is 0 Å². The summed E-state index contributed by atoms with van der Waals surface area (Å²) in [6.45, 7) is 10.1. The minimum absolute atomic E-state index is 0.0598. The van der Waals surface area contributed by atoms with Crippen molar-refractivity contribution >= 4 is 12.0 Å². The highest BCUT2D eigenvalue weighted by Crippen LogP contribution is 2.22. The molecule has 0 fully saturated rings. The molecule has 150 valence electrons. The second-order valence-electron chi connectivity index (χ2n) is 8.06. The molecule has 1 N–H and O–H groups in total. The highest BCUT2D eigenvalue weighted by atomic mass is 16.5. The van der Waals surface area contributed by atoms with Crippen LogP contribution in [0, 0.1) is 0 Å². The lowest BCUT2D eigenvalue weighted by Crippen LogP contribution is -2.22. The zero-order valence-corrected chi connectivity index (χ0v) is 17.6. The molecule has 2 aromatic rings. The Labute approximate surface area is 169 Å². The Morgan fingerprint density at radius 2 is 1.79 bits per heavy atom. The Bertz CT molecular complexity index is 770. The zero-order chi connectivity index (χ0) is 20.4. The number of carbonyl (C=O) groups excluding carboxylic acids is 1. The molecule has 0 saturated heterocycles. The van der Waals surface area contributed by atoms with Crippen molar-refractivity contribution in [3.05, 3.63) is 71.3 Å². The van der Waals surface area contributed by atoms with Crippen molar-refractivity contribution in [2.75, 3.05) is 13.2 Å². The van der Waals surface area contributed by atoms with Crippen LogP contribution >= 0.6 is 0 Å². The van der Waals surface area contributed by atoms with Crippen LogP contribution in [0.5, 0.6) is 5.75 Å². The van der Waals surface area contributed by atoms with Gasteiger partial charge in [0.2, 0.25) is 5.91 Å². The van der Waals surface area contributed by atoms with Crippen LogP contribution in [0.25, 0.3) is 6.08 Å². The van der Waals surface area contributed by atoms with Gasteiger partial charge in [0, 0.05) is 12.6 Å². The molecule has 0 aliphatic heterocycles. The minimum Gasteiger partial charge on any atom is -0.493 e. The number of amides is 1. The lowest BCUT2D eigenvalue weighted by Gasteiger charge is -2.18.